The normalized spacial score (nSPS) is 14.6. The van der Waals surface area contributed by atoms with Crippen molar-refractivity contribution in [2.75, 3.05) is 0 Å². The van der Waals surface area contributed by atoms with Crippen molar-refractivity contribution in [3.63, 3.8) is 0 Å². The van der Waals surface area contributed by atoms with E-state index in [0.717, 1.165) is 0 Å². The molecule has 0 aliphatic rings. The van der Waals surface area contributed by atoms with Gasteiger partial charge in [-0.3, -0.25) is 4.99 Å². The molecule has 72 valence electrons. The second-order valence-electron chi connectivity index (χ2n) is 4.68. The molecule has 0 aliphatic heterocycles. The standard InChI is InChI=1S/C11H23N/c1-8(2)11(6,7)10(5)12-9(3)4/h8-9H,1-7H3/b12-10+. The van der Waals surface area contributed by atoms with Crippen LogP contribution in [0.1, 0.15) is 48.5 Å². The van der Waals surface area contributed by atoms with E-state index >= 15 is 0 Å². The molecule has 0 atom stereocenters. The van der Waals surface area contributed by atoms with E-state index in [4.69, 9.17) is 0 Å². The highest BCUT2D eigenvalue weighted by molar-refractivity contribution is 5.87. The second kappa shape index (κ2) is 4.06. The predicted octanol–water partition coefficient (Wildman–Crippen LogP) is 3.54. The maximum atomic E-state index is 4.59. The topological polar surface area (TPSA) is 12.4 Å². The molecule has 0 saturated heterocycles. The van der Waals surface area contributed by atoms with Gasteiger partial charge in [0.25, 0.3) is 0 Å². The highest BCUT2D eigenvalue weighted by Crippen LogP contribution is 2.28. The van der Waals surface area contributed by atoms with E-state index in [9.17, 15) is 0 Å². The maximum Gasteiger partial charge on any atom is 0.0442 e. The summed E-state index contributed by atoms with van der Waals surface area (Å²) in [5.41, 5.74) is 1.51. The third-order valence-corrected chi connectivity index (χ3v) is 2.83. The molecule has 0 rings (SSSR count). The van der Waals surface area contributed by atoms with Crippen LogP contribution in [0.4, 0.5) is 0 Å². The van der Waals surface area contributed by atoms with Crippen LogP contribution in [-0.2, 0) is 0 Å². The van der Waals surface area contributed by atoms with Gasteiger partial charge < -0.3 is 0 Å². The molecule has 0 N–H and O–H groups in total. The Balaban J connectivity index is 4.56. The number of hydrogen-bond donors (Lipinski definition) is 0. The van der Waals surface area contributed by atoms with Crippen molar-refractivity contribution in [2.24, 2.45) is 16.3 Å². The Kier molecular flexibility index (Phi) is 3.95. The van der Waals surface area contributed by atoms with Gasteiger partial charge in [0.2, 0.25) is 0 Å². The Morgan fingerprint density at radius 2 is 1.50 bits per heavy atom. The van der Waals surface area contributed by atoms with Crippen LogP contribution in [0.5, 0.6) is 0 Å². The third kappa shape index (κ3) is 2.96. The molecule has 0 heterocycles. The lowest BCUT2D eigenvalue weighted by atomic mass is 9.77. The summed E-state index contributed by atoms with van der Waals surface area (Å²) < 4.78 is 0. The van der Waals surface area contributed by atoms with Gasteiger partial charge in [0, 0.05) is 17.2 Å². The van der Waals surface area contributed by atoms with E-state index in [0.29, 0.717) is 12.0 Å². The van der Waals surface area contributed by atoms with E-state index < -0.39 is 0 Å². The average Bonchev–Trinajstić information content (AvgIpc) is 1.85. The lowest BCUT2D eigenvalue weighted by Crippen LogP contribution is -2.28. The SMILES string of the molecule is C/C(=N\C(C)C)C(C)(C)C(C)C. The van der Waals surface area contributed by atoms with E-state index in [1.54, 1.807) is 0 Å². The highest BCUT2D eigenvalue weighted by atomic mass is 14.8. The Bertz CT molecular complexity index is 164. The number of aliphatic imine (C=N–C) groups is 1. The molecule has 1 heteroatoms. The van der Waals surface area contributed by atoms with Crippen molar-refractivity contribution in [1.29, 1.82) is 0 Å². The zero-order valence-electron chi connectivity index (χ0n) is 9.60. The molecule has 0 amide bonds. The van der Waals surface area contributed by atoms with Crippen LogP contribution in [0.25, 0.3) is 0 Å². The summed E-state index contributed by atoms with van der Waals surface area (Å²) in [6.07, 6.45) is 0. The molecule has 1 nitrogen and oxygen atoms in total. The van der Waals surface area contributed by atoms with Crippen molar-refractivity contribution in [2.45, 2.75) is 54.5 Å². The first-order chi connectivity index (χ1) is 5.28. The first-order valence-corrected chi connectivity index (χ1v) is 4.83. The smallest absolute Gasteiger partial charge is 0.0442 e. The second-order valence-corrected chi connectivity index (χ2v) is 4.68. The molecule has 0 spiro atoms. The summed E-state index contributed by atoms with van der Waals surface area (Å²) in [5.74, 6) is 0.653. The van der Waals surface area contributed by atoms with Gasteiger partial charge in [-0.25, -0.2) is 0 Å². The van der Waals surface area contributed by atoms with Gasteiger partial charge in [-0.1, -0.05) is 27.7 Å². The van der Waals surface area contributed by atoms with E-state index in [2.05, 4.69) is 53.5 Å². The molecule has 0 fully saturated rings. The lowest BCUT2D eigenvalue weighted by molar-refractivity contribution is 0.361. The summed E-state index contributed by atoms with van der Waals surface area (Å²) in [5, 5.41) is 0. The fourth-order valence-corrected chi connectivity index (χ4v) is 0.971. The highest BCUT2D eigenvalue weighted by Gasteiger charge is 2.25. The van der Waals surface area contributed by atoms with Gasteiger partial charge in [-0.2, -0.15) is 0 Å². The summed E-state index contributed by atoms with van der Waals surface area (Å²) >= 11 is 0. The van der Waals surface area contributed by atoms with Crippen LogP contribution in [0.15, 0.2) is 4.99 Å². The molecule has 0 aromatic heterocycles. The maximum absolute atomic E-state index is 4.59. The Morgan fingerprint density at radius 3 is 1.75 bits per heavy atom. The van der Waals surface area contributed by atoms with Crippen molar-refractivity contribution >= 4 is 5.71 Å². The molecule has 0 bridgehead atoms. The van der Waals surface area contributed by atoms with E-state index in [-0.39, 0.29) is 5.41 Å². The summed E-state index contributed by atoms with van der Waals surface area (Å²) in [7, 11) is 0. The lowest BCUT2D eigenvalue weighted by Gasteiger charge is -2.29. The number of hydrogen-bond acceptors (Lipinski definition) is 1. The molecule has 0 aromatic carbocycles. The van der Waals surface area contributed by atoms with Crippen LogP contribution < -0.4 is 0 Å². The van der Waals surface area contributed by atoms with Gasteiger partial charge in [-0.15, -0.1) is 0 Å². The van der Waals surface area contributed by atoms with Crippen LogP contribution in [0, 0.1) is 11.3 Å². The minimum Gasteiger partial charge on any atom is -0.291 e. The van der Waals surface area contributed by atoms with E-state index in [1.807, 2.05) is 0 Å². The zero-order valence-corrected chi connectivity index (χ0v) is 9.60. The molecule has 0 unspecified atom stereocenters. The van der Waals surface area contributed by atoms with Gasteiger partial charge in [0.15, 0.2) is 0 Å². The number of nitrogens with zero attached hydrogens (tertiary/aromatic N) is 1. The molecular formula is C11H23N. The first-order valence-electron chi connectivity index (χ1n) is 4.83. The van der Waals surface area contributed by atoms with Crippen molar-refractivity contribution in [3.8, 4) is 0 Å². The third-order valence-electron chi connectivity index (χ3n) is 2.83. The minimum absolute atomic E-state index is 0.240. The molecule has 0 saturated carbocycles. The quantitative estimate of drug-likeness (QED) is 0.573. The fourth-order valence-electron chi connectivity index (χ4n) is 0.971. The van der Waals surface area contributed by atoms with E-state index in [1.165, 1.54) is 5.71 Å². The van der Waals surface area contributed by atoms with Crippen molar-refractivity contribution < 1.29 is 0 Å². The Morgan fingerprint density at radius 1 is 1.08 bits per heavy atom. The van der Waals surface area contributed by atoms with Crippen molar-refractivity contribution in [1.82, 2.24) is 0 Å². The fraction of sp³-hybridized carbons (Fsp3) is 0.909. The predicted molar refractivity (Wildman–Crippen MR) is 56.9 cm³/mol. The van der Waals surface area contributed by atoms with Crippen LogP contribution in [0.2, 0.25) is 0 Å². The molecule has 0 radical (unpaired) electrons. The molecule has 12 heavy (non-hydrogen) atoms. The molecule has 0 aliphatic carbocycles. The van der Waals surface area contributed by atoms with Gasteiger partial charge in [0.1, 0.15) is 0 Å². The first kappa shape index (κ1) is 11.7. The Labute approximate surface area is 77.3 Å². The van der Waals surface area contributed by atoms with Gasteiger partial charge in [-0.05, 0) is 26.7 Å². The molecule has 0 aromatic rings. The minimum atomic E-state index is 0.240. The van der Waals surface area contributed by atoms with Gasteiger partial charge in [0.05, 0.1) is 0 Å². The monoisotopic (exact) mass is 169 g/mol. The van der Waals surface area contributed by atoms with Crippen LogP contribution in [-0.4, -0.2) is 11.8 Å². The van der Waals surface area contributed by atoms with Crippen LogP contribution in [0.3, 0.4) is 0 Å². The van der Waals surface area contributed by atoms with Crippen molar-refractivity contribution in [3.05, 3.63) is 0 Å². The largest absolute Gasteiger partial charge is 0.291 e. The summed E-state index contributed by atoms with van der Waals surface area (Å²) in [4.78, 5) is 4.59. The summed E-state index contributed by atoms with van der Waals surface area (Å²) in [6, 6.07) is 0.419. The van der Waals surface area contributed by atoms with Crippen LogP contribution >= 0.6 is 0 Å². The van der Waals surface area contributed by atoms with Gasteiger partial charge >= 0.3 is 0 Å². The molecular weight excluding hydrogens is 146 g/mol. The Hall–Kier alpha value is -0.330. The summed E-state index contributed by atoms with van der Waals surface area (Å²) in [6.45, 7) is 15.4. The zero-order chi connectivity index (χ0) is 9.94. The number of rotatable bonds is 3. The average molecular weight is 169 g/mol.